The Morgan fingerprint density at radius 2 is 1.78 bits per heavy atom. The SMILES string of the molecule is Cc1ccc(C)n1NC(=O)c1nc(Cl)ccc1Cl. The summed E-state index contributed by atoms with van der Waals surface area (Å²) in [6.45, 7) is 3.78. The van der Waals surface area contributed by atoms with Gasteiger partial charge in [0.25, 0.3) is 5.91 Å². The maximum Gasteiger partial charge on any atom is 0.290 e. The second-order valence-corrected chi connectivity index (χ2v) is 4.65. The van der Waals surface area contributed by atoms with Gasteiger partial charge in [0.2, 0.25) is 0 Å². The summed E-state index contributed by atoms with van der Waals surface area (Å²) >= 11 is 11.7. The van der Waals surface area contributed by atoms with E-state index in [1.165, 1.54) is 6.07 Å². The molecule has 0 radical (unpaired) electrons. The first-order valence-electron chi connectivity index (χ1n) is 5.27. The van der Waals surface area contributed by atoms with Crippen LogP contribution < -0.4 is 5.43 Å². The highest BCUT2D eigenvalue weighted by Gasteiger charge is 2.14. The molecule has 1 N–H and O–H groups in total. The number of aromatic nitrogens is 2. The van der Waals surface area contributed by atoms with Crippen molar-refractivity contribution in [2.45, 2.75) is 13.8 Å². The number of nitrogens with one attached hydrogen (secondary N) is 1. The highest BCUT2D eigenvalue weighted by molar-refractivity contribution is 6.35. The molecule has 0 fully saturated rings. The average Bonchev–Trinajstić information content (AvgIpc) is 2.64. The van der Waals surface area contributed by atoms with E-state index in [2.05, 4.69) is 10.4 Å². The standard InChI is InChI=1S/C12H11Cl2N3O/c1-7-3-4-8(2)17(7)16-12(18)11-9(13)5-6-10(14)15-11/h3-6H,1-2H3,(H,16,18). The van der Waals surface area contributed by atoms with Crippen LogP contribution in [0.15, 0.2) is 24.3 Å². The van der Waals surface area contributed by atoms with Gasteiger partial charge in [0.1, 0.15) is 10.8 Å². The second-order valence-electron chi connectivity index (χ2n) is 3.86. The van der Waals surface area contributed by atoms with Crippen molar-refractivity contribution in [1.29, 1.82) is 0 Å². The number of amides is 1. The molecule has 1 amide bonds. The highest BCUT2D eigenvalue weighted by atomic mass is 35.5. The number of rotatable bonds is 2. The monoisotopic (exact) mass is 283 g/mol. The molecule has 2 rings (SSSR count). The van der Waals surface area contributed by atoms with E-state index >= 15 is 0 Å². The van der Waals surface area contributed by atoms with E-state index in [4.69, 9.17) is 23.2 Å². The van der Waals surface area contributed by atoms with Gasteiger partial charge in [-0.25, -0.2) is 4.98 Å². The van der Waals surface area contributed by atoms with E-state index in [0.29, 0.717) is 0 Å². The van der Waals surface area contributed by atoms with Crippen molar-refractivity contribution >= 4 is 29.1 Å². The van der Waals surface area contributed by atoms with E-state index in [9.17, 15) is 4.79 Å². The van der Waals surface area contributed by atoms with Crippen LogP contribution in [0.25, 0.3) is 0 Å². The quantitative estimate of drug-likeness (QED) is 0.861. The molecule has 2 aromatic rings. The Bertz CT molecular complexity index is 588. The normalized spacial score (nSPS) is 10.4. The van der Waals surface area contributed by atoms with Gasteiger partial charge in [-0.2, -0.15) is 0 Å². The van der Waals surface area contributed by atoms with E-state index < -0.39 is 5.91 Å². The Morgan fingerprint density at radius 1 is 1.17 bits per heavy atom. The van der Waals surface area contributed by atoms with E-state index in [0.717, 1.165) is 11.4 Å². The minimum absolute atomic E-state index is 0.108. The largest absolute Gasteiger partial charge is 0.290 e. The summed E-state index contributed by atoms with van der Waals surface area (Å²) in [6.07, 6.45) is 0. The lowest BCUT2D eigenvalue weighted by Crippen LogP contribution is -2.25. The van der Waals surface area contributed by atoms with Gasteiger partial charge in [0, 0.05) is 11.4 Å². The third-order valence-electron chi connectivity index (χ3n) is 2.51. The fourth-order valence-electron chi connectivity index (χ4n) is 1.58. The Kier molecular flexibility index (Phi) is 3.59. The van der Waals surface area contributed by atoms with Crippen molar-refractivity contribution in [2.75, 3.05) is 5.43 Å². The Hall–Kier alpha value is -1.52. The van der Waals surface area contributed by atoms with Crippen LogP contribution in [-0.4, -0.2) is 15.6 Å². The first-order valence-corrected chi connectivity index (χ1v) is 6.03. The molecular formula is C12H11Cl2N3O. The Morgan fingerprint density at radius 3 is 2.39 bits per heavy atom. The summed E-state index contributed by atoms with van der Waals surface area (Å²) in [4.78, 5) is 16.0. The van der Waals surface area contributed by atoms with Crippen molar-refractivity contribution in [3.05, 3.63) is 51.5 Å². The van der Waals surface area contributed by atoms with Crippen molar-refractivity contribution in [1.82, 2.24) is 9.66 Å². The summed E-state index contributed by atoms with van der Waals surface area (Å²) in [7, 11) is 0. The highest BCUT2D eigenvalue weighted by Crippen LogP contribution is 2.17. The summed E-state index contributed by atoms with van der Waals surface area (Å²) in [5, 5.41) is 0.491. The number of carbonyl (C=O) groups excluding carboxylic acids is 1. The molecule has 0 bridgehead atoms. The average molecular weight is 284 g/mol. The number of carbonyl (C=O) groups is 1. The molecule has 94 valence electrons. The lowest BCUT2D eigenvalue weighted by atomic mass is 10.3. The third-order valence-corrected chi connectivity index (χ3v) is 3.03. The zero-order valence-electron chi connectivity index (χ0n) is 9.87. The molecule has 0 aromatic carbocycles. The van der Waals surface area contributed by atoms with Crippen molar-refractivity contribution < 1.29 is 4.79 Å². The first-order chi connectivity index (χ1) is 8.49. The molecule has 0 atom stereocenters. The maximum atomic E-state index is 12.1. The van der Waals surface area contributed by atoms with Crippen LogP contribution in [0.1, 0.15) is 21.9 Å². The van der Waals surface area contributed by atoms with Crippen LogP contribution in [0, 0.1) is 13.8 Å². The van der Waals surface area contributed by atoms with Crippen LogP contribution in [0.5, 0.6) is 0 Å². The van der Waals surface area contributed by atoms with Gasteiger partial charge in [-0.1, -0.05) is 23.2 Å². The van der Waals surface area contributed by atoms with Gasteiger partial charge in [-0.05, 0) is 38.1 Å². The van der Waals surface area contributed by atoms with Crippen LogP contribution >= 0.6 is 23.2 Å². The molecule has 0 spiro atoms. The number of hydrogen-bond acceptors (Lipinski definition) is 2. The molecule has 0 aliphatic carbocycles. The van der Waals surface area contributed by atoms with E-state index in [1.807, 2.05) is 26.0 Å². The zero-order valence-corrected chi connectivity index (χ0v) is 11.4. The second kappa shape index (κ2) is 5.00. The van der Waals surface area contributed by atoms with Crippen LogP contribution in [0.3, 0.4) is 0 Å². The van der Waals surface area contributed by atoms with Crippen molar-refractivity contribution in [2.24, 2.45) is 0 Å². The molecule has 0 saturated carbocycles. The fraction of sp³-hybridized carbons (Fsp3) is 0.167. The minimum atomic E-state index is -0.398. The lowest BCUT2D eigenvalue weighted by Gasteiger charge is -2.11. The molecule has 6 heteroatoms. The molecule has 2 aromatic heterocycles. The van der Waals surface area contributed by atoms with Gasteiger partial charge in [-0.15, -0.1) is 0 Å². The summed E-state index contributed by atoms with van der Waals surface area (Å²) in [5.41, 5.74) is 4.65. The number of nitrogens with zero attached hydrogens (tertiary/aromatic N) is 2. The van der Waals surface area contributed by atoms with Crippen LogP contribution in [-0.2, 0) is 0 Å². The van der Waals surface area contributed by atoms with Gasteiger partial charge < -0.3 is 0 Å². The van der Waals surface area contributed by atoms with Crippen LogP contribution in [0.4, 0.5) is 0 Å². The summed E-state index contributed by atoms with van der Waals surface area (Å²) in [6, 6.07) is 6.89. The maximum absolute atomic E-state index is 12.1. The third kappa shape index (κ3) is 2.49. The van der Waals surface area contributed by atoms with E-state index in [1.54, 1.807) is 10.7 Å². The molecular weight excluding hydrogens is 273 g/mol. The van der Waals surface area contributed by atoms with Gasteiger partial charge in [0.05, 0.1) is 5.02 Å². The topological polar surface area (TPSA) is 46.9 Å². The number of hydrogen-bond donors (Lipinski definition) is 1. The molecule has 0 saturated heterocycles. The van der Waals surface area contributed by atoms with Gasteiger partial charge >= 0.3 is 0 Å². The van der Waals surface area contributed by atoms with E-state index in [-0.39, 0.29) is 15.9 Å². The van der Waals surface area contributed by atoms with Gasteiger partial charge in [0.15, 0.2) is 0 Å². The smallest absolute Gasteiger partial charge is 0.266 e. The van der Waals surface area contributed by atoms with Crippen LogP contribution in [0.2, 0.25) is 10.2 Å². The summed E-state index contributed by atoms with van der Waals surface area (Å²) in [5.74, 6) is -0.398. The molecule has 4 nitrogen and oxygen atoms in total. The predicted octanol–water partition coefficient (Wildman–Crippen LogP) is 3.19. The van der Waals surface area contributed by atoms with Crippen molar-refractivity contribution in [3.8, 4) is 0 Å². The summed E-state index contributed by atoms with van der Waals surface area (Å²) < 4.78 is 1.67. The predicted molar refractivity (Wildman–Crippen MR) is 71.9 cm³/mol. The Labute approximate surface area is 115 Å². The van der Waals surface area contributed by atoms with Gasteiger partial charge in [-0.3, -0.25) is 14.9 Å². The minimum Gasteiger partial charge on any atom is -0.266 e. The first kappa shape index (κ1) is 12.9. The zero-order chi connectivity index (χ0) is 13.3. The molecule has 0 unspecified atom stereocenters. The molecule has 2 heterocycles. The fourth-order valence-corrected chi connectivity index (χ4v) is 1.92. The Balaban J connectivity index is 2.30. The number of halogens is 2. The number of pyridine rings is 1. The number of aryl methyl sites for hydroxylation is 2. The lowest BCUT2D eigenvalue weighted by molar-refractivity contribution is 0.100. The molecule has 0 aliphatic heterocycles. The molecule has 0 aliphatic rings. The molecule has 18 heavy (non-hydrogen) atoms. The van der Waals surface area contributed by atoms with Crippen molar-refractivity contribution in [3.63, 3.8) is 0 Å².